The number of hydrogen-bond acceptors (Lipinski definition) is 4. The monoisotopic (exact) mass is 278 g/mol. The molecule has 1 aromatic rings. The molecule has 2 rings (SSSR count). The van der Waals surface area contributed by atoms with Crippen molar-refractivity contribution < 1.29 is 4.79 Å². The lowest BCUT2D eigenvalue weighted by Gasteiger charge is -2.33. The van der Waals surface area contributed by atoms with Crippen molar-refractivity contribution in [3.05, 3.63) is 22.6 Å². The van der Waals surface area contributed by atoms with E-state index in [1.54, 1.807) is 12.3 Å². The predicted molar refractivity (Wildman–Crippen MR) is 77.8 cm³/mol. The molecule has 1 aromatic heterocycles. The van der Waals surface area contributed by atoms with E-state index < -0.39 is 0 Å². The molecule has 1 aliphatic rings. The zero-order chi connectivity index (χ0) is 14.5. The molecular formula is C14H22N4O2. The fraction of sp³-hybridized carbons (Fsp3) is 0.643. The Hall–Kier alpha value is -1.85. The maximum absolute atomic E-state index is 11.8. The Labute approximate surface area is 118 Å². The van der Waals surface area contributed by atoms with Crippen LogP contribution >= 0.6 is 0 Å². The van der Waals surface area contributed by atoms with Gasteiger partial charge in [-0.25, -0.2) is 4.68 Å². The number of carbonyl (C=O) groups excluding carboxylic acids is 1. The van der Waals surface area contributed by atoms with Crippen LogP contribution in [0.1, 0.15) is 33.1 Å². The largest absolute Gasteiger partial charge is 0.370 e. The maximum atomic E-state index is 11.8. The molecule has 0 unspecified atom stereocenters. The second-order valence-electron chi connectivity index (χ2n) is 5.05. The Morgan fingerprint density at radius 2 is 2.10 bits per heavy atom. The molecule has 1 saturated heterocycles. The molecule has 1 N–H and O–H groups in total. The Morgan fingerprint density at radius 3 is 2.65 bits per heavy atom. The van der Waals surface area contributed by atoms with Gasteiger partial charge in [-0.3, -0.25) is 9.59 Å². The van der Waals surface area contributed by atoms with E-state index in [0.717, 1.165) is 31.6 Å². The topological polar surface area (TPSA) is 67.2 Å². The van der Waals surface area contributed by atoms with Gasteiger partial charge in [0.2, 0.25) is 5.91 Å². The summed E-state index contributed by atoms with van der Waals surface area (Å²) in [5.41, 5.74) is 0.811. The Morgan fingerprint density at radius 1 is 1.40 bits per heavy atom. The number of amides is 1. The van der Waals surface area contributed by atoms with E-state index >= 15 is 0 Å². The van der Waals surface area contributed by atoms with E-state index in [4.69, 9.17) is 0 Å². The van der Waals surface area contributed by atoms with Gasteiger partial charge in [0.1, 0.15) is 0 Å². The second-order valence-corrected chi connectivity index (χ2v) is 5.05. The first-order valence-corrected chi connectivity index (χ1v) is 7.25. The molecule has 0 aliphatic carbocycles. The van der Waals surface area contributed by atoms with Gasteiger partial charge in [-0.05, 0) is 19.8 Å². The van der Waals surface area contributed by atoms with Gasteiger partial charge in [-0.1, -0.05) is 6.92 Å². The average Bonchev–Trinajstić information content (AvgIpc) is 2.47. The van der Waals surface area contributed by atoms with Crippen molar-refractivity contribution in [1.82, 2.24) is 15.1 Å². The van der Waals surface area contributed by atoms with Crippen molar-refractivity contribution in [2.75, 3.05) is 18.0 Å². The number of hydrogen-bond donors (Lipinski definition) is 1. The van der Waals surface area contributed by atoms with Crippen LogP contribution in [-0.4, -0.2) is 34.8 Å². The SMILES string of the molecule is CCC(=O)NC1CCN(c2cnn(CC)c(=O)c2)CC1. The third-order valence-corrected chi connectivity index (χ3v) is 3.70. The standard InChI is InChI=1S/C14H22N4O2/c1-3-13(19)16-11-5-7-17(8-6-11)12-9-14(20)18(4-2)15-10-12/h9-11H,3-8H2,1-2H3,(H,16,19). The third-order valence-electron chi connectivity index (χ3n) is 3.70. The summed E-state index contributed by atoms with van der Waals surface area (Å²) in [7, 11) is 0. The van der Waals surface area contributed by atoms with Gasteiger partial charge in [-0.2, -0.15) is 5.10 Å². The van der Waals surface area contributed by atoms with Gasteiger partial charge in [-0.15, -0.1) is 0 Å². The van der Waals surface area contributed by atoms with Crippen LogP contribution in [0.4, 0.5) is 5.69 Å². The first-order valence-electron chi connectivity index (χ1n) is 7.25. The highest BCUT2D eigenvalue weighted by Crippen LogP contribution is 2.17. The Kier molecular flexibility index (Phi) is 4.76. The zero-order valence-corrected chi connectivity index (χ0v) is 12.1. The molecular weight excluding hydrogens is 256 g/mol. The molecule has 6 nitrogen and oxygen atoms in total. The molecule has 1 fully saturated rings. The van der Waals surface area contributed by atoms with Crippen molar-refractivity contribution in [3.63, 3.8) is 0 Å². The summed E-state index contributed by atoms with van der Waals surface area (Å²) < 4.78 is 1.44. The van der Waals surface area contributed by atoms with Crippen LogP contribution in [0.25, 0.3) is 0 Å². The van der Waals surface area contributed by atoms with Crippen LogP contribution in [0.15, 0.2) is 17.1 Å². The number of nitrogens with one attached hydrogen (secondary N) is 1. The van der Waals surface area contributed by atoms with Crippen molar-refractivity contribution in [1.29, 1.82) is 0 Å². The molecule has 0 aromatic carbocycles. The van der Waals surface area contributed by atoms with Crippen LogP contribution in [0.2, 0.25) is 0 Å². The third kappa shape index (κ3) is 3.37. The highest BCUT2D eigenvalue weighted by Gasteiger charge is 2.20. The Balaban J connectivity index is 1.95. The minimum Gasteiger partial charge on any atom is -0.370 e. The van der Waals surface area contributed by atoms with Crippen molar-refractivity contribution in [3.8, 4) is 0 Å². The number of piperidine rings is 1. The molecule has 0 radical (unpaired) electrons. The average molecular weight is 278 g/mol. The van der Waals surface area contributed by atoms with Gasteiger partial charge in [0.15, 0.2) is 0 Å². The molecule has 1 aliphatic heterocycles. The molecule has 20 heavy (non-hydrogen) atoms. The highest BCUT2D eigenvalue weighted by molar-refractivity contribution is 5.75. The van der Waals surface area contributed by atoms with E-state index in [2.05, 4.69) is 15.3 Å². The quantitative estimate of drug-likeness (QED) is 0.883. The molecule has 110 valence electrons. The van der Waals surface area contributed by atoms with E-state index in [1.165, 1.54) is 4.68 Å². The lowest BCUT2D eigenvalue weighted by Crippen LogP contribution is -2.44. The number of carbonyl (C=O) groups is 1. The summed E-state index contributed by atoms with van der Waals surface area (Å²) in [6.07, 6.45) is 4.08. The fourth-order valence-corrected chi connectivity index (χ4v) is 2.45. The number of aromatic nitrogens is 2. The number of anilines is 1. The molecule has 1 amide bonds. The summed E-state index contributed by atoms with van der Waals surface area (Å²) in [4.78, 5) is 25.3. The number of rotatable bonds is 4. The van der Waals surface area contributed by atoms with Gasteiger partial charge in [0.25, 0.3) is 5.56 Å². The predicted octanol–water partition coefficient (Wildman–Crippen LogP) is 0.758. The lowest BCUT2D eigenvalue weighted by atomic mass is 10.0. The summed E-state index contributed by atoms with van der Waals surface area (Å²) in [6.45, 7) is 6.02. The van der Waals surface area contributed by atoms with Gasteiger partial charge >= 0.3 is 0 Å². The van der Waals surface area contributed by atoms with Crippen LogP contribution in [0, 0.1) is 0 Å². The van der Waals surface area contributed by atoms with Gasteiger partial charge in [0.05, 0.1) is 11.9 Å². The summed E-state index contributed by atoms with van der Waals surface area (Å²) in [5, 5.41) is 7.17. The smallest absolute Gasteiger partial charge is 0.268 e. The first kappa shape index (κ1) is 14.6. The minimum absolute atomic E-state index is 0.0635. The first-order chi connectivity index (χ1) is 9.63. The number of nitrogens with zero attached hydrogens (tertiary/aromatic N) is 3. The van der Waals surface area contributed by atoms with E-state index in [9.17, 15) is 9.59 Å². The van der Waals surface area contributed by atoms with Crippen LogP contribution in [-0.2, 0) is 11.3 Å². The molecule has 0 spiro atoms. The normalized spacial score (nSPS) is 16.2. The summed E-state index contributed by atoms with van der Waals surface area (Å²) in [6, 6.07) is 1.89. The molecule has 0 bridgehead atoms. The molecule has 0 atom stereocenters. The minimum atomic E-state index is -0.0635. The van der Waals surface area contributed by atoms with Gasteiger partial charge in [0, 0.05) is 38.2 Å². The molecule has 0 saturated carbocycles. The fourth-order valence-electron chi connectivity index (χ4n) is 2.45. The van der Waals surface area contributed by atoms with Crippen LogP contribution in [0.3, 0.4) is 0 Å². The molecule has 2 heterocycles. The van der Waals surface area contributed by atoms with Crippen LogP contribution in [0.5, 0.6) is 0 Å². The lowest BCUT2D eigenvalue weighted by molar-refractivity contribution is -0.121. The summed E-state index contributed by atoms with van der Waals surface area (Å²) in [5.74, 6) is 0.107. The van der Waals surface area contributed by atoms with E-state index in [1.807, 2.05) is 13.8 Å². The second kappa shape index (κ2) is 6.54. The van der Waals surface area contributed by atoms with E-state index in [0.29, 0.717) is 13.0 Å². The van der Waals surface area contributed by atoms with Crippen LogP contribution < -0.4 is 15.8 Å². The van der Waals surface area contributed by atoms with E-state index in [-0.39, 0.29) is 17.5 Å². The summed E-state index contributed by atoms with van der Waals surface area (Å²) >= 11 is 0. The number of aryl methyl sites for hydroxylation is 1. The Bertz CT molecular complexity index is 518. The van der Waals surface area contributed by atoms with Crippen molar-refractivity contribution in [2.45, 2.75) is 45.7 Å². The maximum Gasteiger partial charge on any atom is 0.268 e. The molecule has 6 heteroatoms. The van der Waals surface area contributed by atoms with Crippen molar-refractivity contribution >= 4 is 11.6 Å². The van der Waals surface area contributed by atoms with Crippen molar-refractivity contribution in [2.24, 2.45) is 0 Å². The highest BCUT2D eigenvalue weighted by atomic mass is 16.1. The zero-order valence-electron chi connectivity index (χ0n) is 12.1. The van der Waals surface area contributed by atoms with Gasteiger partial charge < -0.3 is 10.2 Å².